The molecule has 7 nitrogen and oxygen atoms in total. The fraction of sp³-hybridized carbons (Fsp3) is 0.387. The molecule has 4 aromatic rings. The number of benzene rings is 3. The monoisotopic (exact) mass is 549 g/mol. The number of rotatable bonds is 13. The van der Waals surface area contributed by atoms with Crippen LogP contribution in [-0.2, 0) is 24.2 Å². The number of hydrogen-bond acceptors (Lipinski definition) is 5. The standard InChI is InChI=1S/C31H37F2N5O2/c1-3-5-12-29(38-28-13-7-6-11-27(28)35-36-38)31(40)37(19-22-10-8-9-21(4-2)14-22)20-30(39)26(34)17-23-15-24(32)18-25(33)16-23/h6-11,13-16,18,26,29-30,39H,3-5,12,17,19-20,34H2,1-2H3/t26-,29?,30+/m0/s1. The smallest absolute Gasteiger partial charge is 0.247 e. The zero-order valence-electron chi connectivity index (χ0n) is 23.0. The van der Waals surface area contributed by atoms with Crippen molar-refractivity contribution in [1.29, 1.82) is 0 Å². The quantitative estimate of drug-likeness (QED) is 0.246. The Labute approximate surface area is 233 Å². The molecule has 0 aliphatic rings. The van der Waals surface area contributed by atoms with E-state index in [0.29, 0.717) is 17.5 Å². The molecule has 0 saturated carbocycles. The third-order valence-corrected chi connectivity index (χ3v) is 7.17. The number of carbonyl (C=O) groups is 1. The number of nitrogens with two attached hydrogens (primary N) is 1. The molecule has 3 atom stereocenters. The van der Waals surface area contributed by atoms with E-state index in [1.54, 1.807) is 9.58 Å². The van der Waals surface area contributed by atoms with Crippen LogP contribution in [0.25, 0.3) is 11.0 Å². The van der Waals surface area contributed by atoms with Crippen LogP contribution >= 0.6 is 0 Å². The summed E-state index contributed by atoms with van der Waals surface area (Å²) >= 11 is 0. The normalized spacial score (nSPS) is 13.8. The highest BCUT2D eigenvalue weighted by Gasteiger charge is 2.30. The molecule has 3 N–H and O–H groups in total. The Hall–Kier alpha value is -3.69. The van der Waals surface area contributed by atoms with E-state index in [-0.39, 0.29) is 25.4 Å². The van der Waals surface area contributed by atoms with Crippen LogP contribution in [0.2, 0.25) is 0 Å². The first kappa shape index (κ1) is 29.3. The Kier molecular flexibility index (Phi) is 9.95. The van der Waals surface area contributed by atoms with Crippen LogP contribution in [0, 0.1) is 11.6 Å². The van der Waals surface area contributed by atoms with Crippen LogP contribution in [0.3, 0.4) is 0 Å². The number of aryl methyl sites for hydroxylation is 1. The number of para-hydroxylation sites is 1. The molecule has 0 fully saturated rings. The Bertz CT molecular complexity index is 1410. The number of unbranched alkanes of at least 4 members (excludes halogenated alkanes) is 1. The van der Waals surface area contributed by atoms with Gasteiger partial charge in [-0.25, -0.2) is 13.5 Å². The van der Waals surface area contributed by atoms with E-state index in [4.69, 9.17) is 5.73 Å². The summed E-state index contributed by atoms with van der Waals surface area (Å²) in [5.74, 6) is -1.61. The topological polar surface area (TPSA) is 97.3 Å². The molecule has 0 aliphatic heterocycles. The van der Waals surface area contributed by atoms with Crippen LogP contribution in [0.4, 0.5) is 8.78 Å². The number of amides is 1. The number of nitrogens with zero attached hydrogens (tertiary/aromatic N) is 4. The summed E-state index contributed by atoms with van der Waals surface area (Å²) in [6, 6.07) is 17.2. The minimum absolute atomic E-state index is 0.0518. The third kappa shape index (κ3) is 7.28. The molecule has 0 radical (unpaired) electrons. The lowest BCUT2D eigenvalue weighted by atomic mass is 10.0. The Morgan fingerprint density at radius 1 is 1.00 bits per heavy atom. The first-order valence-corrected chi connectivity index (χ1v) is 13.8. The van der Waals surface area contributed by atoms with Crippen molar-refractivity contribution in [2.75, 3.05) is 6.54 Å². The molecular formula is C31H37F2N5O2. The van der Waals surface area contributed by atoms with Gasteiger partial charge in [-0.2, -0.15) is 0 Å². The van der Waals surface area contributed by atoms with Gasteiger partial charge in [-0.3, -0.25) is 4.79 Å². The van der Waals surface area contributed by atoms with Gasteiger partial charge in [0.05, 0.1) is 11.6 Å². The van der Waals surface area contributed by atoms with Gasteiger partial charge < -0.3 is 15.7 Å². The van der Waals surface area contributed by atoms with Crippen LogP contribution in [-0.4, -0.2) is 49.6 Å². The molecule has 0 spiro atoms. The van der Waals surface area contributed by atoms with Crippen molar-refractivity contribution in [3.8, 4) is 0 Å². The van der Waals surface area contributed by atoms with Gasteiger partial charge in [-0.1, -0.05) is 68.3 Å². The van der Waals surface area contributed by atoms with Crippen molar-refractivity contribution >= 4 is 16.9 Å². The molecule has 40 heavy (non-hydrogen) atoms. The first-order valence-electron chi connectivity index (χ1n) is 13.8. The number of halogens is 2. The molecular weight excluding hydrogens is 512 g/mol. The molecule has 1 unspecified atom stereocenters. The van der Waals surface area contributed by atoms with Gasteiger partial charge in [0.2, 0.25) is 5.91 Å². The fourth-order valence-electron chi connectivity index (χ4n) is 4.97. The SMILES string of the molecule is CCCCC(C(=O)N(Cc1cccc(CC)c1)C[C@@H](O)[C@@H](N)Cc1cc(F)cc(F)c1)n1nnc2ccccc21. The maximum absolute atomic E-state index is 14.2. The number of aliphatic hydroxyl groups is 1. The third-order valence-electron chi connectivity index (χ3n) is 7.17. The summed E-state index contributed by atoms with van der Waals surface area (Å²) in [7, 11) is 0. The number of fused-ring (bicyclic) bond motifs is 1. The van der Waals surface area contributed by atoms with E-state index in [1.807, 2.05) is 48.5 Å². The molecule has 3 aromatic carbocycles. The van der Waals surface area contributed by atoms with E-state index in [1.165, 1.54) is 12.1 Å². The predicted molar refractivity (Wildman–Crippen MR) is 151 cm³/mol. The van der Waals surface area contributed by atoms with E-state index in [9.17, 15) is 18.7 Å². The first-order chi connectivity index (χ1) is 19.3. The zero-order chi connectivity index (χ0) is 28.6. The number of carbonyl (C=O) groups excluding carboxylic acids is 1. The highest BCUT2D eigenvalue weighted by atomic mass is 19.1. The van der Waals surface area contributed by atoms with E-state index in [2.05, 4.69) is 24.2 Å². The molecule has 9 heteroatoms. The van der Waals surface area contributed by atoms with Gasteiger partial charge in [0.15, 0.2) is 0 Å². The average Bonchev–Trinajstić information content (AvgIpc) is 3.36. The van der Waals surface area contributed by atoms with Crippen LogP contribution in [0.1, 0.15) is 55.8 Å². The second-order valence-electron chi connectivity index (χ2n) is 10.3. The van der Waals surface area contributed by atoms with Crippen LogP contribution in [0.15, 0.2) is 66.7 Å². The lowest BCUT2D eigenvalue weighted by molar-refractivity contribution is -0.137. The Morgan fingerprint density at radius 3 is 2.45 bits per heavy atom. The van der Waals surface area contributed by atoms with E-state index in [0.717, 1.165) is 42.0 Å². The van der Waals surface area contributed by atoms with Gasteiger partial charge in [-0.05, 0) is 60.2 Å². The predicted octanol–water partition coefficient (Wildman–Crippen LogP) is 4.96. The highest BCUT2D eigenvalue weighted by molar-refractivity contribution is 5.83. The number of aliphatic hydroxyl groups excluding tert-OH is 1. The molecule has 0 bridgehead atoms. The molecule has 0 aliphatic carbocycles. The van der Waals surface area contributed by atoms with Gasteiger partial charge in [0.1, 0.15) is 23.2 Å². The van der Waals surface area contributed by atoms with E-state index < -0.39 is 29.8 Å². The minimum atomic E-state index is -1.14. The summed E-state index contributed by atoms with van der Waals surface area (Å²) in [6.07, 6.45) is 2.02. The van der Waals surface area contributed by atoms with Crippen molar-refractivity contribution in [3.05, 3.63) is 95.1 Å². The summed E-state index contributed by atoms with van der Waals surface area (Å²) in [5.41, 5.74) is 10.2. The van der Waals surface area contributed by atoms with Crippen LogP contribution in [0.5, 0.6) is 0 Å². The number of hydrogen-bond donors (Lipinski definition) is 2. The van der Waals surface area contributed by atoms with Gasteiger partial charge in [0, 0.05) is 25.2 Å². The van der Waals surface area contributed by atoms with Crippen molar-refractivity contribution in [3.63, 3.8) is 0 Å². The lowest BCUT2D eigenvalue weighted by Crippen LogP contribution is -2.48. The van der Waals surface area contributed by atoms with Crippen molar-refractivity contribution in [2.45, 2.75) is 70.7 Å². The van der Waals surface area contributed by atoms with Crippen molar-refractivity contribution in [2.24, 2.45) is 5.73 Å². The second-order valence-corrected chi connectivity index (χ2v) is 10.3. The summed E-state index contributed by atoms with van der Waals surface area (Å²) < 4.78 is 29.1. The molecule has 4 rings (SSSR count). The summed E-state index contributed by atoms with van der Waals surface area (Å²) in [5, 5.41) is 19.7. The molecule has 212 valence electrons. The Morgan fingerprint density at radius 2 is 1.73 bits per heavy atom. The molecule has 1 heterocycles. The molecule has 1 aromatic heterocycles. The van der Waals surface area contributed by atoms with Gasteiger partial charge in [0.25, 0.3) is 0 Å². The van der Waals surface area contributed by atoms with Crippen LogP contribution < -0.4 is 5.73 Å². The van der Waals surface area contributed by atoms with Gasteiger partial charge >= 0.3 is 0 Å². The molecule has 1 amide bonds. The lowest BCUT2D eigenvalue weighted by Gasteiger charge is -2.31. The summed E-state index contributed by atoms with van der Waals surface area (Å²) in [6.45, 7) is 4.34. The minimum Gasteiger partial charge on any atom is -0.390 e. The number of aromatic nitrogens is 3. The maximum Gasteiger partial charge on any atom is 0.247 e. The van der Waals surface area contributed by atoms with E-state index >= 15 is 0 Å². The molecule has 0 saturated heterocycles. The zero-order valence-corrected chi connectivity index (χ0v) is 23.0. The van der Waals surface area contributed by atoms with Crippen molar-refractivity contribution in [1.82, 2.24) is 19.9 Å². The Balaban J connectivity index is 1.63. The van der Waals surface area contributed by atoms with Gasteiger partial charge in [-0.15, -0.1) is 5.10 Å². The summed E-state index contributed by atoms with van der Waals surface area (Å²) in [4.78, 5) is 15.9. The fourth-order valence-corrected chi connectivity index (χ4v) is 4.97. The largest absolute Gasteiger partial charge is 0.390 e. The second kappa shape index (κ2) is 13.6. The highest BCUT2D eigenvalue weighted by Crippen LogP contribution is 2.24. The maximum atomic E-state index is 14.2. The van der Waals surface area contributed by atoms with Crippen molar-refractivity contribution < 1.29 is 18.7 Å². The average molecular weight is 550 g/mol.